The van der Waals surface area contributed by atoms with Gasteiger partial charge in [-0.15, -0.1) is 0 Å². The van der Waals surface area contributed by atoms with E-state index in [0.29, 0.717) is 12.1 Å². The fraction of sp³-hybridized carbons (Fsp3) is 0.500. The topological polar surface area (TPSA) is 35.5 Å². The van der Waals surface area contributed by atoms with Crippen molar-refractivity contribution >= 4 is 0 Å². The number of benzene rings is 1. The van der Waals surface area contributed by atoms with Crippen LogP contribution in [0.3, 0.4) is 0 Å². The average Bonchev–Trinajstić information content (AvgIpc) is 2.22. The molecule has 0 saturated carbocycles. The van der Waals surface area contributed by atoms with Gasteiger partial charge in [0.15, 0.2) is 17.4 Å². The molecule has 0 bridgehead atoms. The number of hydrogen-bond donors (Lipinski definition) is 2. The number of phenols is 1. The zero-order valence-electron chi connectivity index (χ0n) is 10.3. The van der Waals surface area contributed by atoms with Crippen molar-refractivity contribution in [2.24, 2.45) is 0 Å². The summed E-state index contributed by atoms with van der Waals surface area (Å²) in [5.41, 5.74) is 0.475. The van der Waals surface area contributed by atoms with Gasteiger partial charge in [-0.25, -0.2) is 8.78 Å². The average molecular weight is 244 g/mol. The van der Waals surface area contributed by atoms with Crippen molar-refractivity contribution in [1.29, 1.82) is 0 Å². The highest BCUT2D eigenvalue weighted by molar-refractivity contribution is 5.29. The van der Waals surface area contributed by atoms with E-state index < -0.39 is 17.4 Å². The molecule has 1 atom stereocenters. The van der Waals surface area contributed by atoms with Crippen LogP contribution >= 0.6 is 0 Å². The SMILES string of the molecule is CC(CN(C)C)NCc1cc(F)c(O)c(F)c1. The van der Waals surface area contributed by atoms with Crippen LogP contribution in [0, 0.1) is 11.6 Å². The smallest absolute Gasteiger partial charge is 0.187 e. The summed E-state index contributed by atoms with van der Waals surface area (Å²) in [7, 11) is 3.91. The third-order valence-corrected chi connectivity index (χ3v) is 2.37. The maximum absolute atomic E-state index is 13.0. The standard InChI is InChI=1S/C12H18F2N2O/c1-8(7-16(2)3)15-6-9-4-10(13)12(17)11(14)5-9/h4-5,8,15,17H,6-7H2,1-3H3. The van der Waals surface area contributed by atoms with E-state index in [1.165, 1.54) is 0 Å². The molecule has 0 aromatic heterocycles. The molecule has 17 heavy (non-hydrogen) atoms. The van der Waals surface area contributed by atoms with E-state index in [9.17, 15) is 8.78 Å². The van der Waals surface area contributed by atoms with Gasteiger partial charge in [-0.2, -0.15) is 0 Å². The normalized spacial score (nSPS) is 13.1. The number of hydrogen-bond acceptors (Lipinski definition) is 3. The zero-order chi connectivity index (χ0) is 13.0. The second kappa shape index (κ2) is 5.93. The lowest BCUT2D eigenvalue weighted by atomic mass is 10.2. The van der Waals surface area contributed by atoms with Crippen LogP contribution in [-0.2, 0) is 6.54 Å². The number of rotatable bonds is 5. The van der Waals surface area contributed by atoms with Crippen LogP contribution in [0.15, 0.2) is 12.1 Å². The molecule has 0 radical (unpaired) electrons. The number of nitrogens with one attached hydrogen (secondary N) is 1. The van der Waals surface area contributed by atoms with Gasteiger partial charge in [0.25, 0.3) is 0 Å². The van der Waals surface area contributed by atoms with Crippen molar-refractivity contribution < 1.29 is 13.9 Å². The molecule has 3 nitrogen and oxygen atoms in total. The van der Waals surface area contributed by atoms with Gasteiger partial charge in [0.1, 0.15) is 0 Å². The van der Waals surface area contributed by atoms with E-state index in [1.54, 1.807) is 0 Å². The summed E-state index contributed by atoms with van der Waals surface area (Å²) >= 11 is 0. The van der Waals surface area contributed by atoms with Crippen LogP contribution in [0.2, 0.25) is 0 Å². The first-order chi connectivity index (χ1) is 7.90. The van der Waals surface area contributed by atoms with Crippen molar-refractivity contribution in [3.63, 3.8) is 0 Å². The lowest BCUT2D eigenvalue weighted by Gasteiger charge is -2.18. The molecule has 2 N–H and O–H groups in total. The first-order valence-corrected chi connectivity index (χ1v) is 5.45. The largest absolute Gasteiger partial charge is 0.503 e. The first-order valence-electron chi connectivity index (χ1n) is 5.45. The molecule has 0 aliphatic heterocycles. The van der Waals surface area contributed by atoms with E-state index >= 15 is 0 Å². The van der Waals surface area contributed by atoms with E-state index in [1.807, 2.05) is 25.9 Å². The minimum absolute atomic E-state index is 0.213. The summed E-state index contributed by atoms with van der Waals surface area (Å²) in [5, 5.41) is 12.1. The molecule has 0 fully saturated rings. The molecule has 0 amide bonds. The van der Waals surface area contributed by atoms with Gasteiger partial charge in [0, 0.05) is 19.1 Å². The van der Waals surface area contributed by atoms with Crippen LogP contribution in [0.1, 0.15) is 12.5 Å². The zero-order valence-corrected chi connectivity index (χ0v) is 10.3. The van der Waals surface area contributed by atoms with Crippen molar-refractivity contribution in [3.05, 3.63) is 29.3 Å². The molecule has 1 aromatic carbocycles. The Hall–Kier alpha value is -1.20. The number of nitrogens with zero attached hydrogens (tertiary/aromatic N) is 1. The Labute approximate surface area is 100 Å². The quantitative estimate of drug-likeness (QED) is 0.827. The Bertz CT molecular complexity index is 360. The van der Waals surface area contributed by atoms with Crippen LogP contribution in [0.25, 0.3) is 0 Å². The van der Waals surface area contributed by atoms with Gasteiger partial charge in [-0.05, 0) is 38.7 Å². The Morgan fingerprint density at radius 1 is 1.29 bits per heavy atom. The van der Waals surface area contributed by atoms with E-state index in [-0.39, 0.29) is 6.04 Å². The number of likely N-dealkylation sites (N-methyl/N-ethyl adjacent to an activating group) is 1. The lowest BCUT2D eigenvalue weighted by Crippen LogP contribution is -2.35. The fourth-order valence-corrected chi connectivity index (χ4v) is 1.62. The van der Waals surface area contributed by atoms with E-state index in [2.05, 4.69) is 5.32 Å². The third-order valence-electron chi connectivity index (χ3n) is 2.37. The number of halogens is 2. The second-order valence-electron chi connectivity index (χ2n) is 4.45. The van der Waals surface area contributed by atoms with Crippen molar-refractivity contribution in [2.45, 2.75) is 19.5 Å². The summed E-state index contributed by atoms with van der Waals surface area (Å²) in [6.07, 6.45) is 0. The molecule has 0 heterocycles. The van der Waals surface area contributed by atoms with Crippen molar-refractivity contribution in [1.82, 2.24) is 10.2 Å². The highest BCUT2D eigenvalue weighted by Gasteiger charge is 2.10. The molecule has 0 aliphatic rings. The minimum Gasteiger partial charge on any atom is -0.503 e. The molecule has 0 spiro atoms. The van der Waals surface area contributed by atoms with Gasteiger partial charge < -0.3 is 15.3 Å². The molecule has 1 rings (SSSR count). The Balaban J connectivity index is 2.58. The summed E-state index contributed by atoms with van der Waals surface area (Å²) < 4.78 is 26.1. The maximum Gasteiger partial charge on any atom is 0.187 e. The first kappa shape index (κ1) is 13.9. The van der Waals surface area contributed by atoms with Crippen LogP contribution in [0.5, 0.6) is 5.75 Å². The van der Waals surface area contributed by atoms with Gasteiger partial charge in [-0.3, -0.25) is 0 Å². The van der Waals surface area contributed by atoms with Crippen LogP contribution in [0.4, 0.5) is 8.78 Å². The molecular weight excluding hydrogens is 226 g/mol. The van der Waals surface area contributed by atoms with Crippen molar-refractivity contribution in [3.8, 4) is 5.75 Å². The van der Waals surface area contributed by atoms with Gasteiger partial charge in [-0.1, -0.05) is 0 Å². The third kappa shape index (κ3) is 4.28. The van der Waals surface area contributed by atoms with Gasteiger partial charge in [0.05, 0.1) is 0 Å². The molecule has 1 unspecified atom stereocenters. The van der Waals surface area contributed by atoms with Crippen LogP contribution < -0.4 is 5.32 Å². The Morgan fingerprint density at radius 2 is 1.82 bits per heavy atom. The predicted molar refractivity (Wildman–Crippen MR) is 62.9 cm³/mol. The molecule has 1 aromatic rings. The van der Waals surface area contributed by atoms with E-state index in [0.717, 1.165) is 18.7 Å². The van der Waals surface area contributed by atoms with E-state index in [4.69, 9.17) is 5.11 Å². The summed E-state index contributed by atoms with van der Waals surface area (Å²) in [6, 6.07) is 2.48. The summed E-state index contributed by atoms with van der Waals surface area (Å²) in [5.74, 6) is -2.78. The van der Waals surface area contributed by atoms with Crippen molar-refractivity contribution in [2.75, 3.05) is 20.6 Å². The summed E-state index contributed by atoms with van der Waals surface area (Å²) in [6.45, 7) is 3.19. The lowest BCUT2D eigenvalue weighted by molar-refractivity contribution is 0.348. The van der Waals surface area contributed by atoms with Crippen LogP contribution in [-0.4, -0.2) is 36.7 Å². The maximum atomic E-state index is 13.0. The molecular formula is C12H18F2N2O. The monoisotopic (exact) mass is 244 g/mol. The number of aromatic hydroxyl groups is 1. The molecule has 5 heteroatoms. The highest BCUT2D eigenvalue weighted by atomic mass is 19.1. The Kier molecular flexibility index (Phi) is 4.84. The number of phenolic OH excluding ortho intramolecular Hbond substituents is 1. The predicted octanol–water partition coefficient (Wildman–Crippen LogP) is 1.71. The fourth-order valence-electron chi connectivity index (χ4n) is 1.62. The molecule has 96 valence electrons. The van der Waals surface area contributed by atoms with Gasteiger partial charge in [0.2, 0.25) is 0 Å². The van der Waals surface area contributed by atoms with Gasteiger partial charge >= 0.3 is 0 Å². The summed E-state index contributed by atoms with van der Waals surface area (Å²) in [4.78, 5) is 2.02. The minimum atomic E-state index is -0.929. The highest BCUT2D eigenvalue weighted by Crippen LogP contribution is 2.21. The second-order valence-corrected chi connectivity index (χ2v) is 4.45. The molecule has 0 saturated heterocycles. The molecule has 0 aliphatic carbocycles. The Morgan fingerprint density at radius 3 is 2.29 bits per heavy atom.